The van der Waals surface area contributed by atoms with Crippen molar-refractivity contribution in [2.45, 2.75) is 6.92 Å². The summed E-state index contributed by atoms with van der Waals surface area (Å²) in [6.45, 7) is 1.33. The molecule has 2 aromatic rings. The Hall–Kier alpha value is -2.85. The molecule has 0 N–H and O–H groups in total. The molecule has 10 heteroatoms. The first-order chi connectivity index (χ1) is 13.2. The zero-order valence-electron chi connectivity index (χ0n) is 14.3. The quantitative estimate of drug-likeness (QED) is 0.169. The van der Waals surface area contributed by atoms with Crippen molar-refractivity contribution in [3.05, 3.63) is 88.5 Å². The smallest absolute Gasteiger partial charge is 0.336 e. The van der Waals surface area contributed by atoms with Crippen LogP contribution in [0, 0.1) is 20.2 Å². The lowest BCUT2D eigenvalue weighted by Gasteiger charge is -2.09. The van der Waals surface area contributed by atoms with Crippen molar-refractivity contribution in [1.29, 1.82) is 0 Å². The van der Waals surface area contributed by atoms with Crippen molar-refractivity contribution in [3.8, 4) is 5.75 Å². The fourth-order valence-electron chi connectivity index (χ4n) is 2.08. The Bertz CT molecular complexity index is 1000. The van der Waals surface area contributed by atoms with Crippen molar-refractivity contribution in [2.75, 3.05) is 0 Å². The number of allylic oxidation sites excluding steroid dienone is 1. The van der Waals surface area contributed by atoms with Crippen molar-refractivity contribution in [3.63, 3.8) is 0 Å². The monoisotopic (exact) mass is 510 g/mol. The van der Waals surface area contributed by atoms with Crippen LogP contribution in [0.2, 0.25) is 0 Å². The van der Waals surface area contributed by atoms with Crippen LogP contribution in [0.25, 0.3) is 12.2 Å². The molecule has 0 saturated heterocycles. The van der Waals surface area contributed by atoms with E-state index in [2.05, 4.69) is 31.9 Å². The van der Waals surface area contributed by atoms with Crippen molar-refractivity contribution >= 4 is 55.7 Å². The Labute approximate surface area is 176 Å². The van der Waals surface area contributed by atoms with Gasteiger partial charge in [0.05, 0.1) is 14.3 Å². The van der Waals surface area contributed by atoms with E-state index in [1.54, 1.807) is 12.1 Å². The average molecular weight is 512 g/mol. The molecule has 0 amide bonds. The zero-order chi connectivity index (χ0) is 20.8. The number of non-ortho nitro benzene ring substituents is 1. The first-order valence-corrected chi connectivity index (χ1v) is 9.22. The highest BCUT2D eigenvalue weighted by Crippen LogP contribution is 2.34. The van der Waals surface area contributed by atoms with Gasteiger partial charge in [0.15, 0.2) is 5.75 Å². The predicted octanol–water partition coefficient (Wildman–Crippen LogP) is 5.38. The fourth-order valence-corrected chi connectivity index (χ4v) is 3.42. The SMILES string of the molecule is C/C(=C\c1cc(Br)cc(Br)c1OC(=O)/C=C/c1ccc([N+](=O)[O-])cc1)[N+](=O)[O-]. The molecule has 0 aliphatic heterocycles. The van der Waals surface area contributed by atoms with E-state index in [4.69, 9.17) is 4.74 Å². The standard InChI is InChI=1S/C18H12Br2N2O6/c1-11(21(24)25)8-13-9-14(19)10-16(20)18(13)28-17(23)7-4-12-2-5-15(6-3-12)22(26)27/h2-10H,1H3/b7-4+,11-8+. The topological polar surface area (TPSA) is 113 Å². The van der Waals surface area contributed by atoms with Gasteiger partial charge in [-0.2, -0.15) is 0 Å². The maximum absolute atomic E-state index is 12.2. The molecular weight excluding hydrogens is 500 g/mol. The Balaban J connectivity index is 2.24. The summed E-state index contributed by atoms with van der Waals surface area (Å²) >= 11 is 6.56. The lowest BCUT2D eigenvalue weighted by atomic mass is 10.1. The van der Waals surface area contributed by atoms with E-state index in [0.29, 0.717) is 20.1 Å². The molecule has 0 bridgehead atoms. The number of hydrogen-bond acceptors (Lipinski definition) is 6. The molecule has 0 aliphatic rings. The lowest BCUT2D eigenvalue weighted by Crippen LogP contribution is -2.06. The molecule has 28 heavy (non-hydrogen) atoms. The van der Waals surface area contributed by atoms with E-state index in [1.807, 2.05) is 0 Å². The second-order valence-electron chi connectivity index (χ2n) is 5.45. The molecule has 0 fully saturated rings. The highest BCUT2D eigenvalue weighted by atomic mass is 79.9. The maximum Gasteiger partial charge on any atom is 0.336 e. The van der Waals surface area contributed by atoms with Crippen molar-refractivity contribution < 1.29 is 19.4 Å². The number of carbonyl (C=O) groups excluding carboxylic acids is 1. The molecule has 0 unspecified atom stereocenters. The van der Waals surface area contributed by atoms with Gasteiger partial charge in [0.2, 0.25) is 5.70 Å². The number of esters is 1. The van der Waals surface area contributed by atoms with Gasteiger partial charge in [-0.3, -0.25) is 20.2 Å². The van der Waals surface area contributed by atoms with Gasteiger partial charge in [-0.05, 0) is 51.8 Å². The summed E-state index contributed by atoms with van der Waals surface area (Å²) in [4.78, 5) is 32.6. The van der Waals surface area contributed by atoms with Gasteiger partial charge in [-0.1, -0.05) is 15.9 Å². The van der Waals surface area contributed by atoms with E-state index in [1.165, 1.54) is 43.3 Å². The van der Waals surface area contributed by atoms with Crippen molar-refractivity contribution in [2.24, 2.45) is 0 Å². The van der Waals surface area contributed by atoms with Crippen LogP contribution in [0.3, 0.4) is 0 Å². The highest BCUT2D eigenvalue weighted by molar-refractivity contribution is 9.11. The summed E-state index contributed by atoms with van der Waals surface area (Å²) in [5, 5.41) is 21.5. The van der Waals surface area contributed by atoms with Crippen LogP contribution in [0.5, 0.6) is 5.75 Å². The van der Waals surface area contributed by atoms with Crippen LogP contribution in [-0.2, 0) is 4.79 Å². The van der Waals surface area contributed by atoms with E-state index in [0.717, 1.165) is 6.08 Å². The van der Waals surface area contributed by atoms with E-state index < -0.39 is 15.8 Å². The number of nitrogens with zero attached hydrogens (tertiary/aromatic N) is 2. The van der Waals surface area contributed by atoms with Gasteiger partial charge < -0.3 is 4.74 Å². The molecule has 0 atom stereocenters. The minimum absolute atomic E-state index is 0.0592. The molecule has 0 radical (unpaired) electrons. The van der Waals surface area contributed by atoms with E-state index in [9.17, 15) is 25.0 Å². The van der Waals surface area contributed by atoms with Gasteiger partial charge in [0, 0.05) is 41.2 Å². The number of carbonyl (C=O) groups is 1. The normalized spacial score (nSPS) is 11.5. The molecule has 8 nitrogen and oxygen atoms in total. The highest BCUT2D eigenvalue weighted by Gasteiger charge is 2.14. The van der Waals surface area contributed by atoms with Gasteiger partial charge in [0.1, 0.15) is 0 Å². The number of nitro groups is 2. The van der Waals surface area contributed by atoms with Crippen LogP contribution in [0.4, 0.5) is 5.69 Å². The van der Waals surface area contributed by atoms with Crippen molar-refractivity contribution in [1.82, 2.24) is 0 Å². The first kappa shape index (κ1) is 21.5. The molecule has 2 aromatic carbocycles. The third-order valence-corrected chi connectivity index (χ3v) is 4.45. The Morgan fingerprint density at radius 2 is 1.75 bits per heavy atom. The first-order valence-electron chi connectivity index (χ1n) is 7.63. The summed E-state index contributed by atoms with van der Waals surface area (Å²) in [6.07, 6.45) is 3.89. The molecular formula is C18H12Br2N2O6. The third-order valence-electron chi connectivity index (χ3n) is 3.41. The van der Waals surface area contributed by atoms with Gasteiger partial charge in [-0.15, -0.1) is 0 Å². The number of benzene rings is 2. The molecule has 0 aromatic heterocycles. The zero-order valence-corrected chi connectivity index (χ0v) is 17.5. The van der Waals surface area contributed by atoms with Crippen LogP contribution < -0.4 is 4.74 Å². The molecule has 2 rings (SSSR count). The number of hydrogen-bond donors (Lipinski definition) is 0. The molecule has 0 spiro atoms. The maximum atomic E-state index is 12.2. The van der Waals surface area contributed by atoms with Gasteiger partial charge in [0.25, 0.3) is 5.69 Å². The second kappa shape index (κ2) is 9.38. The summed E-state index contributed by atoms with van der Waals surface area (Å²) in [5.41, 5.74) is 0.731. The fraction of sp³-hybridized carbons (Fsp3) is 0.0556. The number of rotatable bonds is 6. The van der Waals surface area contributed by atoms with Crippen LogP contribution in [0.15, 0.2) is 57.1 Å². The predicted molar refractivity (Wildman–Crippen MR) is 110 cm³/mol. The second-order valence-corrected chi connectivity index (χ2v) is 7.22. The van der Waals surface area contributed by atoms with Crippen LogP contribution in [0.1, 0.15) is 18.1 Å². The van der Waals surface area contributed by atoms with E-state index in [-0.39, 0.29) is 17.1 Å². The molecule has 144 valence electrons. The Morgan fingerprint density at radius 3 is 2.32 bits per heavy atom. The number of nitro benzene ring substituents is 1. The van der Waals surface area contributed by atoms with Crippen LogP contribution >= 0.6 is 31.9 Å². The minimum Gasteiger partial charge on any atom is -0.422 e. The molecule has 0 aliphatic carbocycles. The third kappa shape index (κ3) is 5.83. The largest absolute Gasteiger partial charge is 0.422 e. The van der Waals surface area contributed by atoms with Gasteiger partial charge in [-0.25, -0.2) is 4.79 Å². The summed E-state index contributed by atoms with van der Waals surface area (Å²) in [6, 6.07) is 8.85. The van der Waals surface area contributed by atoms with Crippen LogP contribution in [-0.4, -0.2) is 15.8 Å². The molecule has 0 saturated carbocycles. The van der Waals surface area contributed by atoms with E-state index >= 15 is 0 Å². The average Bonchev–Trinajstić information content (AvgIpc) is 2.63. The number of halogens is 2. The summed E-state index contributed by atoms with van der Waals surface area (Å²) in [5.74, 6) is -0.586. The lowest BCUT2D eigenvalue weighted by molar-refractivity contribution is -0.422. The van der Waals surface area contributed by atoms with Gasteiger partial charge >= 0.3 is 5.97 Å². The number of ether oxygens (including phenoxy) is 1. The Kier molecular flexibility index (Phi) is 7.18. The minimum atomic E-state index is -0.713. The molecule has 0 heterocycles. The Morgan fingerprint density at radius 1 is 1.11 bits per heavy atom. The summed E-state index contributed by atoms with van der Waals surface area (Å²) < 4.78 is 6.40. The summed E-state index contributed by atoms with van der Waals surface area (Å²) in [7, 11) is 0.